The number of amides is 1. The zero-order valence-electron chi connectivity index (χ0n) is 16.9. The van der Waals surface area contributed by atoms with Crippen LogP contribution in [0, 0.1) is 0 Å². The zero-order chi connectivity index (χ0) is 21.5. The number of nitrogens with one attached hydrogen (secondary N) is 1. The van der Waals surface area contributed by atoms with Crippen molar-refractivity contribution >= 4 is 35.0 Å². The van der Waals surface area contributed by atoms with Crippen LogP contribution >= 0.6 is 23.4 Å². The lowest BCUT2D eigenvalue weighted by Gasteiger charge is -2.11. The van der Waals surface area contributed by atoms with Gasteiger partial charge in [-0.25, -0.2) is 0 Å². The van der Waals surface area contributed by atoms with Crippen molar-refractivity contribution < 1.29 is 4.79 Å². The molecule has 0 saturated heterocycles. The average Bonchev–Trinajstić information content (AvgIpc) is 2.80. The van der Waals surface area contributed by atoms with Gasteiger partial charge in [-0.05, 0) is 46.5 Å². The second-order valence-electron chi connectivity index (χ2n) is 7.20. The van der Waals surface area contributed by atoms with Crippen molar-refractivity contribution in [1.29, 1.82) is 0 Å². The van der Waals surface area contributed by atoms with Gasteiger partial charge in [0.1, 0.15) is 0 Å². The summed E-state index contributed by atoms with van der Waals surface area (Å²) in [5, 5.41) is 3.80. The number of thioether (sulfide) groups is 1. The van der Waals surface area contributed by atoms with Gasteiger partial charge < -0.3 is 5.32 Å². The number of carbonyl (C=O) groups excluding carboxylic acids is 1. The van der Waals surface area contributed by atoms with E-state index < -0.39 is 0 Å². The summed E-state index contributed by atoms with van der Waals surface area (Å²) in [6, 6.07) is 34.1. The van der Waals surface area contributed by atoms with Crippen LogP contribution in [0.2, 0.25) is 5.02 Å². The Morgan fingerprint density at radius 2 is 1.32 bits per heavy atom. The highest BCUT2D eigenvalue weighted by Gasteiger charge is 2.09. The predicted octanol–water partition coefficient (Wildman–Crippen LogP) is 7.48. The molecule has 0 spiro atoms. The molecule has 0 aliphatic heterocycles. The van der Waals surface area contributed by atoms with Crippen molar-refractivity contribution in [2.75, 3.05) is 5.32 Å². The van der Waals surface area contributed by atoms with Gasteiger partial charge in [0.2, 0.25) is 5.91 Å². The van der Waals surface area contributed by atoms with Gasteiger partial charge in [0.15, 0.2) is 0 Å². The fourth-order valence-electron chi connectivity index (χ4n) is 3.26. The Kier molecular flexibility index (Phi) is 7.08. The smallest absolute Gasteiger partial charge is 0.228 e. The number of carbonyl (C=O) groups is 1. The van der Waals surface area contributed by atoms with Gasteiger partial charge in [-0.15, -0.1) is 11.8 Å². The number of hydrogen-bond acceptors (Lipinski definition) is 2. The van der Waals surface area contributed by atoms with Crippen LogP contribution in [0.15, 0.2) is 108 Å². The molecule has 4 heteroatoms. The molecule has 0 aliphatic rings. The Morgan fingerprint density at radius 3 is 2.06 bits per heavy atom. The van der Waals surface area contributed by atoms with Gasteiger partial charge in [-0.2, -0.15) is 0 Å². The minimum Gasteiger partial charge on any atom is -0.325 e. The van der Waals surface area contributed by atoms with E-state index in [1.54, 1.807) is 11.8 Å². The molecule has 0 aliphatic carbocycles. The number of rotatable bonds is 7. The lowest BCUT2D eigenvalue weighted by molar-refractivity contribution is -0.115. The third-order valence-corrected chi connectivity index (χ3v) is 6.29. The molecule has 1 N–H and O–H groups in total. The second-order valence-corrected chi connectivity index (χ2v) is 8.65. The molecule has 4 rings (SSSR count). The van der Waals surface area contributed by atoms with E-state index in [0.717, 1.165) is 32.5 Å². The second kappa shape index (κ2) is 10.3. The van der Waals surface area contributed by atoms with E-state index in [4.69, 9.17) is 11.6 Å². The molecular formula is C27H22ClNOS. The summed E-state index contributed by atoms with van der Waals surface area (Å²) in [6.07, 6.45) is 0.339. The van der Waals surface area contributed by atoms with Crippen LogP contribution in [0.5, 0.6) is 0 Å². The van der Waals surface area contributed by atoms with Crippen LogP contribution in [-0.2, 0) is 17.0 Å². The van der Waals surface area contributed by atoms with E-state index in [1.807, 2.05) is 78.9 Å². The molecule has 2 nitrogen and oxygen atoms in total. The predicted molar refractivity (Wildman–Crippen MR) is 132 cm³/mol. The molecule has 0 unspecified atom stereocenters. The van der Waals surface area contributed by atoms with Crippen LogP contribution in [0.4, 0.5) is 5.69 Å². The number of hydrogen-bond donors (Lipinski definition) is 1. The molecule has 1 amide bonds. The first-order chi connectivity index (χ1) is 15.2. The molecule has 0 saturated carbocycles. The van der Waals surface area contributed by atoms with Crippen molar-refractivity contribution in [2.24, 2.45) is 0 Å². The van der Waals surface area contributed by atoms with Gasteiger partial charge in [-0.1, -0.05) is 90.5 Å². The van der Waals surface area contributed by atoms with E-state index in [0.29, 0.717) is 6.42 Å². The van der Waals surface area contributed by atoms with Crippen LogP contribution in [-0.4, -0.2) is 5.91 Å². The lowest BCUT2D eigenvalue weighted by atomic mass is 10.0. The first-order valence-electron chi connectivity index (χ1n) is 10.1. The van der Waals surface area contributed by atoms with Gasteiger partial charge >= 0.3 is 0 Å². The largest absolute Gasteiger partial charge is 0.325 e. The van der Waals surface area contributed by atoms with Crippen molar-refractivity contribution in [3.63, 3.8) is 0 Å². The van der Waals surface area contributed by atoms with Crippen molar-refractivity contribution in [3.8, 4) is 11.1 Å². The Morgan fingerprint density at radius 1 is 0.710 bits per heavy atom. The number of para-hydroxylation sites is 1. The van der Waals surface area contributed by atoms with Crippen LogP contribution in [0.25, 0.3) is 11.1 Å². The van der Waals surface area contributed by atoms with Gasteiger partial charge in [0, 0.05) is 15.7 Å². The monoisotopic (exact) mass is 443 g/mol. The Labute approximate surface area is 192 Å². The molecule has 0 fully saturated rings. The minimum absolute atomic E-state index is 0.0213. The molecule has 0 bridgehead atoms. The van der Waals surface area contributed by atoms with Gasteiger partial charge in [-0.3, -0.25) is 4.79 Å². The zero-order valence-corrected chi connectivity index (χ0v) is 18.5. The Balaban J connectivity index is 1.38. The molecule has 0 atom stereocenters. The third kappa shape index (κ3) is 6.00. The molecule has 4 aromatic rings. The Bertz CT molecular complexity index is 1140. The highest BCUT2D eigenvalue weighted by molar-refractivity contribution is 7.98. The summed E-state index contributed by atoms with van der Waals surface area (Å²) in [4.78, 5) is 13.7. The number of benzene rings is 4. The van der Waals surface area contributed by atoms with E-state index in [2.05, 4.69) is 29.6 Å². The summed E-state index contributed by atoms with van der Waals surface area (Å²) in [6.45, 7) is 0. The third-order valence-electron chi connectivity index (χ3n) is 4.89. The summed E-state index contributed by atoms with van der Waals surface area (Å²) in [5.74, 6) is 0.789. The first kappa shape index (κ1) is 21.2. The summed E-state index contributed by atoms with van der Waals surface area (Å²) < 4.78 is 0. The highest BCUT2D eigenvalue weighted by atomic mass is 35.5. The average molecular weight is 444 g/mol. The molecule has 4 aromatic carbocycles. The summed E-state index contributed by atoms with van der Waals surface area (Å²) >= 11 is 7.66. The summed E-state index contributed by atoms with van der Waals surface area (Å²) in [7, 11) is 0. The standard InChI is InChI=1S/C27H22ClNOS/c28-24-16-12-21(13-17-24)19-31-26-9-5-4-8-25(26)29-27(30)18-20-10-14-23(15-11-20)22-6-2-1-3-7-22/h1-17H,18-19H2,(H,29,30). The van der Waals surface area contributed by atoms with Crippen LogP contribution in [0.1, 0.15) is 11.1 Å². The minimum atomic E-state index is -0.0213. The SMILES string of the molecule is O=C(Cc1ccc(-c2ccccc2)cc1)Nc1ccccc1SCc1ccc(Cl)cc1. The van der Waals surface area contributed by atoms with E-state index >= 15 is 0 Å². The highest BCUT2D eigenvalue weighted by Crippen LogP contribution is 2.30. The Hall–Kier alpha value is -3.01. The quantitative estimate of drug-likeness (QED) is 0.300. The van der Waals surface area contributed by atoms with E-state index in [1.165, 1.54) is 11.1 Å². The maximum absolute atomic E-state index is 12.7. The molecule has 0 radical (unpaired) electrons. The molecule has 0 heterocycles. The summed E-state index contributed by atoms with van der Waals surface area (Å²) in [5.41, 5.74) is 5.34. The molecular weight excluding hydrogens is 422 g/mol. The van der Waals surface area contributed by atoms with Crippen molar-refractivity contribution in [3.05, 3.63) is 119 Å². The fourth-order valence-corrected chi connectivity index (χ4v) is 4.35. The maximum atomic E-state index is 12.7. The van der Waals surface area contributed by atoms with Crippen molar-refractivity contribution in [2.45, 2.75) is 17.1 Å². The van der Waals surface area contributed by atoms with Gasteiger partial charge in [0.25, 0.3) is 0 Å². The van der Waals surface area contributed by atoms with Gasteiger partial charge in [0.05, 0.1) is 12.1 Å². The topological polar surface area (TPSA) is 29.1 Å². The maximum Gasteiger partial charge on any atom is 0.228 e. The number of anilines is 1. The van der Waals surface area contributed by atoms with E-state index in [-0.39, 0.29) is 5.91 Å². The van der Waals surface area contributed by atoms with Crippen molar-refractivity contribution in [1.82, 2.24) is 0 Å². The number of halogens is 1. The lowest BCUT2D eigenvalue weighted by Crippen LogP contribution is -2.14. The molecule has 31 heavy (non-hydrogen) atoms. The van der Waals surface area contributed by atoms with Crippen LogP contribution < -0.4 is 5.32 Å². The first-order valence-corrected chi connectivity index (χ1v) is 11.4. The molecule has 154 valence electrons. The fraction of sp³-hybridized carbons (Fsp3) is 0.0741. The van der Waals surface area contributed by atoms with Crippen LogP contribution in [0.3, 0.4) is 0 Å². The molecule has 0 aromatic heterocycles. The van der Waals surface area contributed by atoms with E-state index in [9.17, 15) is 4.79 Å². The normalized spacial score (nSPS) is 10.6.